The molecule has 1 aromatic heterocycles. The number of hydrogen-bond acceptors (Lipinski definition) is 6. The van der Waals surface area contributed by atoms with Crippen molar-refractivity contribution in [2.24, 2.45) is 0 Å². The summed E-state index contributed by atoms with van der Waals surface area (Å²) in [4.78, 5) is 12.1. The summed E-state index contributed by atoms with van der Waals surface area (Å²) in [6, 6.07) is 0. The molecule has 0 spiro atoms. The normalized spacial score (nSPS) is 10.8. The number of nitrogens with zero attached hydrogens (tertiary/aromatic N) is 3. The fraction of sp³-hybridized carbons (Fsp3) is 0.625. The fourth-order valence-electron chi connectivity index (χ4n) is 0.808. The van der Waals surface area contributed by atoms with Crippen LogP contribution in [0, 0.1) is 0 Å². The van der Waals surface area contributed by atoms with E-state index in [-0.39, 0.29) is 0 Å². The molecule has 0 amide bonds. The van der Waals surface area contributed by atoms with Crippen molar-refractivity contribution >= 4 is 29.4 Å². The zero-order valence-corrected chi connectivity index (χ0v) is 9.82. The van der Waals surface area contributed by atoms with Gasteiger partial charge in [-0.3, -0.25) is 4.79 Å². The number of likely N-dealkylation sites (N-methyl/N-ethyl adjacent to an activating group) is 1. The van der Waals surface area contributed by atoms with Gasteiger partial charge in [-0.25, -0.2) is 0 Å². The van der Waals surface area contributed by atoms with Crippen LogP contribution in [0.2, 0.25) is 0 Å². The highest BCUT2D eigenvalue weighted by molar-refractivity contribution is 8.01. The monoisotopic (exact) mass is 230 g/mol. The maximum absolute atomic E-state index is 10.0. The third kappa shape index (κ3) is 4.17. The van der Waals surface area contributed by atoms with E-state index >= 15 is 0 Å². The van der Waals surface area contributed by atoms with Crippen LogP contribution >= 0.6 is 23.1 Å². The van der Waals surface area contributed by atoms with Gasteiger partial charge in [0.1, 0.15) is 5.01 Å². The first-order valence-electron chi connectivity index (χ1n) is 4.17. The molecule has 6 heteroatoms. The van der Waals surface area contributed by atoms with E-state index in [1.807, 2.05) is 20.4 Å². The molecule has 0 fully saturated rings. The van der Waals surface area contributed by atoms with E-state index in [0.29, 0.717) is 5.75 Å². The predicted octanol–water partition coefficient (Wildman–Crippen LogP) is 0.844. The van der Waals surface area contributed by atoms with Gasteiger partial charge < -0.3 is 4.90 Å². The Kier molecular flexibility index (Phi) is 5.06. The molecular formula is C8H12N3OS2. The quantitative estimate of drug-likeness (QED) is 0.678. The van der Waals surface area contributed by atoms with Gasteiger partial charge in [-0.2, -0.15) is 0 Å². The molecule has 77 valence electrons. The van der Waals surface area contributed by atoms with Crippen molar-refractivity contribution in [1.29, 1.82) is 0 Å². The lowest BCUT2D eigenvalue weighted by molar-refractivity contribution is 0.413. The molecular weight excluding hydrogens is 218 g/mol. The van der Waals surface area contributed by atoms with Crippen molar-refractivity contribution in [2.45, 2.75) is 10.8 Å². The highest BCUT2D eigenvalue weighted by Gasteiger charge is 2.04. The van der Waals surface area contributed by atoms with Gasteiger partial charge in [-0.15, -0.1) is 10.2 Å². The van der Waals surface area contributed by atoms with E-state index in [4.69, 9.17) is 0 Å². The second kappa shape index (κ2) is 6.10. The van der Waals surface area contributed by atoms with E-state index < -0.39 is 0 Å². The van der Waals surface area contributed by atoms with Gasteiger partial charge in [0.05, 0.1) is 5.75 Å². The summed E-state index contributed by atoms with van der Waals surface area (Å²) in [5, 5.41) is 9.02. The zero-order chi connectivity index (χ0) is 10.4. The molecule has 0 saturated heterocycles. The first kappa shape index (κ1) is 11.6. The van der Waals surface area contributed by atoms with Crippen LogP contribution in [0.5, 0.6) is 0 Å². The molecule has 0 saturated carbocycles. The Bertz CT molecular complexity index is 288. The lowest BCUT2D eigenvalue weighted by Gasteiger charge is -2.05. The average molecular weight is 230 g/mol. The Balaban J connectivity index is 2.38. The molecule has 1 aromatic rings. The van der Waals surface area contributed by atoms with Crippen molar-refractivity contribution in [3.05, 3.63) is 5.01 Å². The van der Waals surface area contributed by atoms with E-state index in [9.17, 15) is 4.79 Å². The summed E-state index contributed by atoms with van der Waals surface area (Å²) in [7, 11) is 4.05. The molecule has 0 N–H and O–H groups in total. The molecule has 0 unspecified atom stereocenters. The fourth-order valence-corrected chi connectivity index (χ4v) is 2.35. The molecule has 0 aromatic carbocycles. The van der Waals surface area contributed by atoms with E-state index in [2.05, 4.69) is 15.1 Å². The van der Waals surface area contributed by atoms with Gasteiger partial charge in [0.15, 0.2) is 4.34 Å². The topological polar surface area (TPSA) is 46.1 Å². The summed E-state index contributed by atoms with van der Waals surface area (Å²) < 4.78 is 0.849. The minimum absolute atomic E-state index is 0.336. The predicted molar refractivity (Wildman–Crippen MR) is 58.6 cm³/mol. The van der Waals surface area contributed by atoms with Crippen molar-refractivity contribution in [2.75, 3.05) is 26.4 Å². The summed E-state index contributed by atoms with van der Waals surface area (Å²) in [5.74, 6) is 0.336. The summed E-state index contributed by atoms with van der Waals surface area (Å²) in [6.45, 7) is 0.971. The van der Waals surface area contributed by atoms with E-state index in [1.165, 1.54) is 11.8 Å². The van der Waals surface area contributed by atoms with Crippen molar-refractivity contribution in [1.82, 2.24) is 15.1 Å². The maximum Gasteiger partial charge on any atom is 0.209 e. The highest BCUT2D eigenvalue weighted by Crippen LogP contribution is 2.21. The SMILES string of the molecule is CN(C)CCc1nnc(SC[C]=O)s1. The number of aromatic nitrogens is 2. The molecule has 0 aliphatic rings. The van der Waals surface area contributed by atoms with Gasteiger partial charge in [-0.1, -0.05) is 23.1 Å². The first-order valence-corrected chi connectivity index (χ1v) is 5.97. The number of thioether (sulfide) groups is 1. The average Bonchev–Trinajstić information content (AvgIpc) is 2.59. The third-order valence-electron chi connectivity index (χ3n) is 1.48. The molecule has 1 heterocycles. The number of carbonyl (C=O) groups excluding carboxylic acids is 1. The first-order chi connectivity index (χ1) is 6.72. The van der Waals surface area contributed by atoms with E-state index in [0.717, 1.165) is 22.3 Å². The Labute approximate surface area is 91.7 Å². The van der Waals surface area contributed by atoms with Crippen molar-refractivity contribution < 1.29 is 4.79 Å². The summed E-state index contributed by atoms with van der Waals surface area (Å²) >= 11 is 2.93. The number of hydrogen-bond donors (Lipinski definition) is 0. The maximum atomic E-state index is 10.0. The van der Waals surface area contributed by atoms with Crippen molar-refractivity contribution in [3.63, 3.8) is 0 Å². The number of rotatable bonds is 6. The second-order valence-electron chi connectivity index (χ2n) is 2.95. The molecule has 0 aliphatic heterocycles. The largest absolute Gasteiger partial charge is 0.309 e. The van der Waals surface area contributed by atoms with Crippen LogP contribution in [0.15, 0.2) is 4.34 Å². The Morgan fingerprint density at radius 2 is 2.29 bits per heavy atom. The minimum atomic E-state index is 0.336. The van der Waals surface area contributed by atoms with Crippen LogP contribution in [0.3, 0.4) is 0 Å². The van der Waals surface area contributed by atoms with Gasteiger partial charge in [0.2, 0.25) is 6.29 Å². The third-order valence-corrected chi connectivity index (χ3v) is 3.45. The van der Waals surface area contributed by atoms with Gasteiger partial charge in [0.25, 0.3) is 0 Å². The van der Waals surface area contributed by atoms with Crippen LogP contribution in [-0.4, -0.2) is 47.8 Å². The smallest absolute Gasteiger partial charge is 0.209 e. The lowest BCUT2D eigenvalue weighted by Crippen LogP contribution is -2.14. The molecule has 14 heavy (non-hydrogen) atoms. The van der Waals surface area contributed by atoms with E-state index in [1.54, 1.807) is 11.3 Å². The highest BCUT2D eigenvalue weighted by atomic mass is 32.2. The van der Waals surface area contributed by atoms with Crippen LogP contribution in [0.4, 0.5) is 0 Å². The van der Waals surface area contributed by atoms with Crippen LogP contribution < -0.4 is 0 Å². The summed E-state index contributed by atoms with van der Waals surface area (Å²) in [6.07, 6.45) is 2.73. The van der Waals surface area contributed by atoms with Gasteiger partial charge in [0, 0.05) is 13.0 Å². The minimum Gasteiger partial charge on any atom is -0.309 e. The Morgan fingerprint density at radius 3 is 2.93 bits per heavy atom. The molecule has 0 atom stereocenters. The molecule has 1 radical (unpaired) electrons. The van der Waals surface area contributed by atoms with Crippen LogP contribution in [0.25, 0.3) is 0 Å². The standard InChI is InChI=1S/C8H12N3OS2/c1-11(2)4-3-7-9-10-8(14-7)13-6-5-12/h3-4,6H2,1-2H3. The van der Waals surface area contributed by atoms with Crippen LogP contribution in [-0.2, 0) is 11.2 Å². The molecule has 4 nitrogen and oxygen atoms in total. The van der Waals surface area contributed by atoms with Gasteiger partial charge in [-0.05, 0) is 14.1 Å². The zero-order valence-electron chi connectivity index (χ0n) is 8.19. The Morgan fingerprint density at radius 1 is 1.50 bits per heavy atom. The summed E-state index contributed by atoms with van der Waals surface area (Å²) in [5.41, 5.74) is 0. The Hall–Kier alpha value is -0.460. The second-order valence-corrected chi connectivity index (χ2v) is 5.23. The molecule has 0 bridgehead atoms. The van der Waals surface area contributed by atoms with Crippen molar-refractivity contribution in [3.8, 4) is 0 Å². The molecule has 0 aliphatic carbocycles. The van der Waals surface area contributed by atoms with Crippen LogP contribution in [0.1, 0.15) is 5.01 Å². The molecule has 1 rings (SSSR count). The lowest BCUT2D eigenvalue weighted by atomic mass is 10.4. The van der Waals surface area contributed by atoms with Gasteiger partial charge >= 0.3 is 0 Å².